The fraction of sp³-hybridized carbons (Fsp3) is 0.324. The van der Waals surface area contributed by atoms with E-state index in [-0.39, 0.29) is 6.10 Å². The van der Waals surface area contributed by atoms with Gasteiger partial charge in [0.25, 0.3) is 0 Å². The summed E-state index contributed by atoms with van der Waals surface area (Å²) in [5.74, 6) is 2.57. The molecule has 3 heteroatoms. The highest BCUT2D eigenvalue weighted by Gasteiger charge is 2.44. The number of hydrogen-bond acceptors (Lipinski definition) is 3. The summed E-state index contributed by atoms with van der Waals surface area (Å²) in [6.07, 6.45) is 5.69. The summed E-state index contributed by atoms with van der Waals surface area (Å²) in [6.45, 7) is 6.88. The lowest BCUT2D eigenvalue weighted by Gasteiger charge is -2.52. The van der Waals surface area contributed by atoms with Gasteiger partial charge < -0.3 is 4.74 Å². The summed E-state index contributed by atoms with van der Waals surface area (Å²) in [5.41, 5.74) is 3.56. The Labute approximate surface area is 219 Å². The van der Waals surface area contributed by atoms with Crippen LogP contribution in [0.5, 0.6) is 5.75 Å². The van der Waals surface area contributed by atoms with E-state index >= 15 is 0 Å². The van der Waals surface area contributed by atoms with Crippen molar-refractivity contribution >= 4 is 32.4 Å². The van der Waals surface area contributed by atoms with E-state index in [1.165, 1.54) is 70.4 Å². The molecule has 0 spiro atoms. The Hall–Kier alpha value is -3.43. The van der Waals surface area contributed by atoms with Gasteiger partial charge in [0.1, 0.15) is 11.9 Å². The summed E-state index contributed by atoms with van der Waals surface area (Å²) in [4.78, 5) is 7.44. The van der Waals surface area contributed by atoms with Crippen LogP contribution in [0.3, 0.4) is 0 Å². The maximum atomic E-state index is 7.26. The maximum absolute atomic E-state index is 7.26. The number of hydrogen-bond donors (Lipinski definition) is 0. The molecule has 1 aromatic heterocycles. The van der Waals surface area contributed by atoms with Gasteiger partial charge in [-0.05, 0) is 78.6 Å². The minimum absolute atomic E-state index is 0.0579. The van der Waals surface area contributed by atoms with Crippen molar-refractivity contribution in [1.82, 2.24) is 9.88 Å². The molecule has 3 unspecified atom stereocenters. The van der Waals surface area contributed by atoms with E-state index in [1.54, 1.807) is 0 Å². The number of benzene rings is 4. The monoisotopic (exact) mass is 486 g/mol. The lowest BCUT2D eigenvalue weighted by Crippen LogP contribution is -2.56. The third-order valence-electron chi connectivity index (χ3n) is 9.03. The number of fused-ring (bicyclic) bond motifs is 7. The Kier molecular flexibility index (Phi) is 5.62. The van der Waals surface area contributed by atoms with Crippen molar-refractivity contribution in [2.45, 2.75) is 45.3 Å². The molecule has 3 saturated heterocycles. The average molecular weight is 487 g/mol. The van der Waals surface area contributed by atoms with Gasteiger partial charge in [0.2, 0.25) is 0 Å². The molecule has 3 aliphatic rings. The first kappa shape index (κ1) is 22.7. The SMILES string of the molecule is CCC1CN2CCC1C[C@@H]2[C@@H](Oc1cc2ccccc2c2ccccc12)c1ccnc2ccc(C)cc12. The van der Waals surface area contributed by atoms with Gasteiger partial charge in [-0.3, -0.25) is 9.88 Å². The van der Waals surface area contributed by atoms with E-state index in [1.807, 2.05) is 6.20 Å². The topological polar surface area (TPSA) is 25.4 Å². The van der Waals surface area contributed by atoms with Crippen molar-refractivity contribution in [3.05, 3.63) is 96.2 Å². The second-order valence-corrected chi connectivity index (χ2v) is 11.1. The highest BCUT2D eigenvalue weighted by molar-refractivity contribution is 6.10. The highest BCUT2D eigenvalue weighted by atomic mass is 16.5. The highest BCUT2D eigenvalue weighted by Crippen LogP contribution is 2.45. The van der Waals surface area contributed by atoms with Crippen molar-refractivity contribution in [2.24, 2.45) is 11.8 Å². The van der Waals surface area contributed by atoms with E-state index in [2.05, 4.69) is 97.6 Å². The quantitative estimate of drug-likeness (QED) is 0.235. The molecule has 0 N–H and O–H groups in total. The fourth-order valence-corrected chi connectivity index (χ4v) is 7.09. The normalized spacial score (nSPS) is 24.1. The minimum atomic E-state index is -0.0579. The van der Waals surface area contributed by atoms with E-state index in [0.29, 0.717) is 6.04 Å². The summed E-state index contributed by atoms with van der Waals surface area (Å²) in [7, 11) is 0. The second kappa shape index (κ2) is 9.15. The summed E-state index contributed by atoms with van der Waals surface area (Å²) < 4.78 is 7.26. The molecule has 8 rings (SSSR count). The van der Waals surface area contributed by atoms with E-state index < -0.39 is 0 Å². The smallest absolute Gasteiger partial charge is 0.140 e. The lowest BCUT2D eigenvalue weighted by molar-refractivity contribution is -0.0480. The third-order valence-corrected chi connectivity index (χ3v) is 9.03. The van der Waals surface area contributed by atoms with Crippen LogP contribution in [0.25, 0.3) is 32.4 Å². The minimum Gasteiger partial charge on any atom is -0.483 e. The fourth-order valence-electron chi connectivity index (χ4n) is 7.09. The molecular formula is C34H34N2O. The largest absolute Gasteiger partial charge is 0.483 e. The van der Waals surface area contributed by atoms with Gasteiger partial charge in [0.15, 0.2) is 0 Å². The van der Waals surface area contributed by atoms with Gasteiger partial charge in [-0.25, -0.2) is 0 Å². The van der Waals surface area contributed by atoms with E-state index in [4.69, 9.17) is 9.72 Å². The lowest BCUT2D eigenvalue weighted by atomic mass is 9.72. The molecule has 0 saturated carbocycles. The number of ether oxygens (including phenoxy) is 1. The number of nitrogens with zero attached hydrogens (tertiary/aromatic N) is 2. The first-order valence-corrected chi connectivity index (χ1v) is 13.9. The van der Waals surface area contributed by atoms with Crippen molar-refractivity contribution in [3.63, 3.8) is 0 Å². The maximum Gasteiger partial charge on any atom is 0.140 e. The van der Waals surface area contributed by atoms with Gasteiger partial charge in [0.05, 0.1) is 11.6 Å². The Morgan fingerprint density at radius 2 is 1.73 bits per heavy atom. The zero-order valence-corrected chi connectivity index (χ0v) is 21.7. The van der Waals surface area contributed by atoms with Crippen LogP contribution in [-0.2, 0) is 0 Å². The van der Waals surface area contributed by atoms with Crippen LogP contribution in [0.15, 0.2) is 85.1 Å². The number of aromatic nitrogens is 1. The molecule has 3 aliphatic heterocycles. The van der Waals surface area contributed by atoms with Gasteiger partial charge in [0, 0.05) is 29.1 Å². The molecule has 0 radical (unpaired) electrons. The molecule has 4 aromatic carbocycles. The third kappa shape index (κ3) is 3.88. The summed E-state index contributed by atoms with van der Waals surface area (Å²) >= 11 is 0. The molecule has 4 heterocycles. The first-order valence-electron chi connectivity index (χ1n) is 13.9. The van der Waals surface area contributed by atoms with Crippen LogP contribution in [0.4, 0.5) is 0 Å². The molecule has 37 heavy (non-hydrogen) atoms. The van der Waals surface area contributed by atoms with Crippen LogP contribution < -0.4 is 4.74 Å². The van der Waals surface area contributed by atoms with Crippen molar-refractivity contribution in [2.75, 3.05) is 13.1 Å². The van der Waals surface area contributed by atoms with Crippen molar-refractivity contribution in [1.29, 1.82) is 0 Å². The molecule has 5 aromatic rings. The van der Waals surface area contributed by atoms with Crippen LogP contribution in [0, 0.1) is 18.8 Å². The number of rotatable bonds is 5. The Bertz CT molecular complexity index is 1610. The number of aryl methyl sites for hydroxylation is 1. The van der Waals surface area contributed by atoms with Crippen LogP contribution >= 0.6 is 0 Å². The molecule has 2 bridgehead atoms. The molecule has 186 valence electrons. The van der Waals surface area contributed by atoms with Gasteiger partial charge in [-0.1, -0.05) is 73.5 Å². The zero-order chi connectivity index (χ0) is 24.9. The van der Waals surface area contributed by atoms with Crippen molar-refractivity contribution in [3.8, 4) is 5.75 Å². The van der Waals surface area contributed by atoms with Gasteiger partial charge in [-0.15, -0.1) is 0 Å². The first-order chi connectivity index (χ1) is 18.2. The van der Waals surface area contributed by atoms with Crippen LogP contribution in [0.1, 0.15) is 43.4 Å². The Morgan fingerprint density at radius 1 is 0.919 bits per heavy atom. The van der Waals surface area contributed by atoms with E-state index in [0.717, 1.165) is 23.1 Å². The predicted octanol–water partition coefficient (Wildman–Crippen LogP) is 8.09. The molecule has 3 nitrogen and oxygen atoms in total. The van der Waals surface area contributed by atoms with Gasteiger partial charge >= 0.3 is 0 Å². The summed E-state index contributed by atoms with van der Waals surface area (Å²) in [6, 6.07) is 28.8. The average Bonchev–Trinajstić information content (AvgIpc) is 2.96. The molecular weight excluding hydrogens is 452 g/mol. The zero-order valence-electron chi connectivity index (χ0n) is 21.7. The second-order valence-electron chi connectivity index (χ2n) is 11.1. The van der Waals surface area contributed by atoms with E-state index in [9.17, 15) is 0 Å². The number of pyridine rings is 1. The summed E-state index contributed by atoms with van der Waals surface area (Å²) in [5, 5.41) is 6.15. The standard InChI is InChI=1S/C34H34N2O/c1-3-23-21-36-17-15-24(23)19-32(36)34(29-14-16-35-31-13-12-22(2)18-30(29)31)37-33-20-25-8-4-5-9-26(25)27-10-6-7-11-28(27)33/h4-14,16,18,20,23-24,32,34H,3,15,17,19,21H2,1-2H3/t23?,24?,32-,34+/m1/s1. The predicted molar refractivity (Wildman–Crippen MR) is 153 cm³/mol. The Morgan fingerprint density at radius 3 is 2.54 bits per heavy atom. The molecule has 0 amide bonds. The molecule has 0 aliphatic carbocycles. The number of piperidine rings is 3. The van der Waals surface area contributed by atoms with Crippen LogP contribution in [-0.4, -0.2) is 29.0 Å². The van der Waals surface area contributed by atoms with Crippen LogP contribution in [0.2, 0.25) is 0 Å². The Balaban J connectivity index is 1.41. The molecule has 5 atom stereocenters. The van der Waals surface area contributed by atoms with Gasteiger partial charge in [-0.2, -0.15) is 0 Å². The molecule has 3 fully saturated rings. The van der Waals surface area contributed by atoms with Crippen molar-refractivity contribution < 1.29 is 4.74 Å².